The summed E-state index contributed by atoms with van der Waals surface area (Å²) in [5, 5.41) is 0.895. The van der Waals surface area contributed by atoms with Crippen LogP contribution in [0.1, 0.15) is 23.0 Å². The minimum Gasteiger partial charge on any atom is -0.488 e. The van der Waals surface area contributed by atoms with Crippen LogP contribution in [0.5, 0.6) is 5.75 Å². The second-order valence-electron chi connectivity index (χ2n) is 5.59. The van der Waals surface area contributed by atoms with Crippen LogP contribution >= 0.6 is 15.9 Å². The number of carbonyl (C=O) groups excluding carboxylic acids is 1. The molecule has 0 N–H and O–H groups in total. The van der Waals surface area contributed by atoms with Gasteiger partial charge in [0, 0.05) is 22.3 Å². The molecule has 0 spiro atoms. The molecule has 0 fully saturated rings. The molecule has 3 nitrogen and oxygen atoms in total. The van der Waals surface area contributed by atoms with Crippen molar-refractivity contribution in [2.75, 3.05) is 6.61 Å². The van der Waals surface area contributed by atoms with Crippen molar-refractivity contribution in [3.05, 3.63) is 70.8 Å². The predicted octanol–water partition coefficient (Wildman–Crippen LogP) is 5.47. The van der Waals surface area contributed by atoms with E-state index in [1.54, 1.807) is 13.0 Å². The number of hydrogen-bond donors (Lipinski definition) is 0. The van der Waals surface area contributed by atoms with Crippen LogP contribution in [0.25, 0.3) is 16.6 Å². The predicted molar refractivity (Wildman–Crippen MR) is 101 cm³/mol. The van der Waals surface area contributed by atoms with Crippen LogP contribution < -0.4 is 4.74 Å². The molecule has 0 bridgehead atoms. The highest BCUT2D eigenvalue weighted by Crippen LogP contribution is 2.36. The summed E-state index contributed by atoms with van der Waals surface area (Å²) < 4.78 is 8.65. The van der Waals surface area contributed by atoms with Crippen LogP contribution in [0.4, 0.5) is 0 Å². The zero-order valence-electron chi connectivity index (χ0n) is 13.7. The average molecular weight is 384 g/mol. The van der Waals surface area contributed by atoms with Gasteiger partial charge in [0.05, 0.1) is 9.99 Å². The molecule has 0 aliphatic heterocycles. The lowest BCUT2D eigenvalue weighted by Gasteiger charge is -2.10. The van der Waals surface area contributed by atoms with Crippen LogP contribution in [0.3, 0.4) is 0 Å². The Morgan fingerprint density at radius 3 is 2.62 bits per heavy atom. The van der Waals surface area contributed by atoms with Crippen LogP contribution in [0.15, 0.2) is 59.6 Å². The number of para-hydroxylation sites is 1. The first kappa shape index (κ1) is 16.5. The van der Waals surface area contributed by atoms with Gasteiger partial charge < -0.3 is 9.30 Å². The van der Waals surface area contributed by atoms with Crippen LogP contribution in [0.2, 0.25) is 0 Å². The quantitative estimate of drug-likeness (QED) is 0.432. The molecule has 0 atom stereocenters. The molecule has 0 amide bonds. The monoisotopic (exact) mass is 383 g/mol. The Morgan fingerprint density at radius 1 is 1.29 bits per heavy atom. The lowest BCUT2D eigenvalue weighted by Crippen LogP contribution is -1.99. The van der Waals surface area contributed by atoms with Crippen LogP contribution in [-0.4, -0.2) is 17.0 Å². The zero-order chi connectivity index (χ0) is 17.3. The number of rotatable bonds is 5. The Bertz CT molecular complexity index is 926. The lowest BCUT2D eigenvalue weighted by molar-refractivity contribution is 0.101. The molecule has 0 saturated carbocycles. The molecular formula is C20H18BrNO2. The summed E-state index contributed by atoms with van der Waals surface area (Å²) in [6.45, 7) is 7.66. The van der Waals surface area contributed by atoms with E-state index in [1.165, 1.54) is 0 Å². The summed E-state index contributed by atoms with van der Waals surface area (Å²) in [5.41, 5.74) is 3.65. The van der Waals surface area contributed by atoms with Gasteiger partial charge in [0.2, 0.25) is 0 Å². The molecule has 0 unspecified atom stereocenters. The van der Waals surface area contributed by atoms with E-state index < -0.39 is 0 Å². The number of carbonyl (C=O) groups is 1. The molecule has 2 aromatic carbocycles. The summed E-state index contributed by atoms with van der Waals surface area (Å²) in [5.74, 6) is 0.749. The fourth-order valence-corrected chi connectivity index (χ4v) is 3.47. The van der Waals surface area contributed by atoms with Gasteiger partial charge in [-0.05, 0) is 54.0 Å². The summed E-state index contributed by atoms with van der Waals surface area (Å²) in [6.07, 6.45) is 1.70. The van der Waals surface area contributed by atoms with Crippen molar-refractivity contribution < 1.29 is 9.53 Å². The van der Waals surface area contributed by atoms with Crippen molar-refractivity contribution in [3.63, 3.8) is 0 Å². The molecule has 3 aromatic rings. The Balaban J connectivity index is 2.34. The number of nitrogens with zero attached hydrogens (tertiary/aromatic N) is 1. The second kappa shape index (κ2) is 6.65. The topological polar surface area (TPSA) is 31.2 Å². The SMILES string of the molecule is C=CCOc1cc2c(C(C)=O)c(C)n(-c3ccccc3)c2cc1Br. The van der Waals surface area contributed by atoms with Gasteiger partial charge in [-0.15, -0.1) is 0 Å². The normalized spacial score (nSPS) is 10.8. The van der Waals surface area contributed by atoms with Gasteiger partial charge in [-0.1, -0.05) is 30.9 Å². The first-order valence-corrected chi connectivity index (χ1v) is 8.48. The molecule has 3 rings (SSSR count). The minimum absolute atomic E-state index is 0.0455. The van der Waals surface area contributed by atoms with Gasteiger partial charge in [-0.3, -0.25) is 4.79 Å². The summed E-state index contributed by atoms with van der Waals surface area (Å²) in [4.78, 5) is 12.3. The number of ketones is 1. The third-order valence-electron chi connectivity index (χ3n) is 3.98. The fraction of sp³-hybridized carbons (Fsp3) is 0.150. The Labute approximate surface area is 149 Å². The van der Waals surface area contributed by atoms with Crippen molar-refractivity contribution in [2.45, 2.75) is 13.8 Å². The van der Waals surface area contributed by atoms with Crippen molar-refractivity contribution in [3.8, 4) is 11.4 Å². The Morgan fingerprint density at radius 2 is 2.00 bits per heavy atom. The van der Waals surface area contributed by atoms with E-state index in [2.05, 4.69) is 27.1 Å². The Kier molecular flexibility index (Phi) is 4.58. The van der Waals surface area contributed by atoms with E-state index in [1.807, 2.05) is 49.4 Å². The number of Topliss-reactive ketones (excluding diaryl/α,β-unsaturated/α-hetero) is 1. The number of benzene rings is 2. The number of fused-ring (bicyclic) bond motifs is 1. The third-order valence-corrected chi connectivity index (χ3v) is 4.60. The van der Waals surface area contributed by atoms with Crippen molar-refractivity contribution in [1.82, 2.24) is 4.57 Å². The van der Waals surface area contributed by atoms with Crippen LogP contribution in [0, 0.1) is 6.92 Å². The first-order chi connectivity index (χ1) is 11.5. The summed E-state index contributed by atoms with van der Waals surface area (Å²) >= 11 is 3.57. The third kappa shape index (κ3) is 2.78. The molecule has 24 heavy (non-hydrogen) atoms. The van der Waals surface area contributed by atoms with Crippen LogP contribution in [-0.2, 0) is 0 Å². The maximum Gasteiger partial charge on any atom is 0.162 e. The molecule has 1 aromatic heterocycles. The highest BCUT2D eigenvalue weighted by atomic mass is 79.9. The fourth-order valence-electron chi connectivity index (χ4n) is 3.03. The standard InChI is InChI=1S/C20H18BrNO2/c1-4-10-24-19-11-16-18(12-17(19)21)22(13(2)20(16)14(3)23)15-8-6-5-7-9-15/h4-9,11-12H,1,10H2,2-3H3. The first-order valence-electron chi connectivity index (χ1n) is 7.69. The molecule has 0 radical (unpaired) electrons. The number of halogens is 1. The van der Waals surface area contributed by atoms with Crippen molar-refractivity contribution >= 4 is 32.6 Å². The van der Waals surface area contributed by atoms with E-state index in [-0.39, 0.29) is 5.78 Å². The van der Waals surface area contributed by atoms with Gasteiger partial charge in [0.25, 0.3) is 0 Å². The van der Waals surface area contributed by atoms with Gasteiger partial charge in [-0.25, -0.2) is 0 Å². The molecule has 1 heterocycles. The number of hydrogen-bond acceptors (Lipinski definition) is 2. The maximum absolute atomic E-state index is 12.3. The van der Waals surface area contributed by atoms with Crippen molar-refractivity contribution in [1.29, 1.82) is 0 Å². The van der Waals surface area contributed by atoms with E-state index in [9.17, 15) is 4.79 Å². The average Bonchev–Trinajstić information content (AvgIpc) is 2.84. The van der Waals surface area contributed by atoms with E-state index >= 15 is 0 Å². The molecule has 122 valence electrons. The lowest BCUT2D eigenvalue weighted by atomic mass is 10.1. The van der Waals surface area contributed by atoms with Gasteiger partial charge in [0.1, 0.15) is 12.4 Å². The van der Waals surface area contributed by atoms with Gasteiger partial charge >= 0.3 is 0 Å². The largest absolute Gasteiger partial charge is 0.488 e. The molecule has 0 aliphatic carbocycles. The molecular weight excluding hydrogens is 366 g/mol. The molecule has 0 aliphatic rings. The second-order valence-corrected chi connectivity index (χ2v) is 6.44. The Hall–Kier alpha value is -2.33. The van der Waals surface area contributed by atoms with E-state index in [0.29, 0.717) is 12.4 Å². The number of aromatic nitrogens is 1. The molecule has 0 saturated heterocycles. The van der Waals surface area contributed by atoms with Gasteiger partial charge in [-0.2, -0.15) is 0 Å². The number of ether oxygens (including phenoxy) is 1. The van der Waals surface area contributed by atoms with Crippen molar-refractivity contribution in [2.24, 2.45) is 0 Å². The highest BCUT2D eigenvalue weighted by Gasteiger charge is 2.20. The summed E-state index contributed by atoms with van der Waals surface area (Å²) in [7, 11) is 0. The zero-order valence-corrected chi connectivity index (χ0v) is 15.3. The maximum atomic E-state index is 12.3. The van der Waals surface area contributed by atoms with E-state index in [0.717, 1.165) is 32.3 Å². The minimum atomic E-state index is 0.0455. The highest BCUT2D eigenvalue weighted by molar-refractivity contribution is 9.10. The summed E-state index contributed by atoms with van der Waals surface area (Å²) in [6, 6.07) is 14.0. The molecule has 4 heteroatoms. The smallest absolute Gasteiger partial charge is 0.162 e. The van der Waals surface area contributed by atoms with E-state index in [4.69, 9.17) is 4.74 Å². The van der Waals surface area contributed by atoms with Gasteiger partial charge in [0.15, 0.2) is 5.78 Å².